The number of aryl methyl sites for hydroxylation is 1. The number of rotatable bonds is 4. The Hall–Kier alpha value is -2.06. The Morgan fingerprint density at radius 1 is 1.48 bits per heavy atom. The number of phenols is 1. The maximum Gasteiger partial charge on any atom is 0.249 e. The summed E-state index contributed by atoms with van der Waals surface area (Å²) in [6.07, 6.45) is 0.285. The number of azo groups is 1. The van der Waals surface area contributed by atoms with Crippen LogP contribution in [0.15, 0.2) is 22.4 Å². The lowest BCUT2D eigenvalue weighted by Crippen LogP contribution is -2.09. The molecule has 0 radical (unpaired) electrons. The van der Waals surface area contributed by atoms with Crippen LogP contribution in [0, 0.1) is 6.92 Å². The molecule has 1 aromatic carbocycles. The Morgan fingerprint density at radius 3 is 2.86 bits per heavy atom. The average molecular weight is 326 g/mol. The highest BCUT2D eigenvalue weighted by Crippen LogP contribution is 2.37. The summed E-state index contributed by atoms with van der Waals surface area (Å²) in [5.41, 5.74) is 0.578. The molecule has 21 heavy (non-hydrogen) atoms. The molecular weight excluding hydrogens is 314 g/mol. The van der Waals surface area contributed by atoms with Gasteiger partial charge in [-0.2, -0.15) is 4.37 Å². The Bertz CT molecular complexity index is 701. The van der Waals surface area contributed by atoms with E-state index in [2.05, 4.69) is 24.9 Å². The second kappa shape index (κ2) is 6.59. The molecule has 110 valence electrons. The summed E-state index contributed by atoms with van der Waals surface area (Å²) in [4.78, 5) is 15.4. The van der Waals surface area contributed by atoms with Gasteiger partial charge in [0.05, 0.1) is 16.4 Å². The summed E-state index contributed by atoms with van der Waals surface area (Å²) in [7, 11) is 0. The van der Waals surface area contributed by atoms with Crippen molar-refractivity contribution in [2.75, 3.05) is 5.32 Å². The van der Waals surface area contributed by atoms with Crippen LogP contribution in [0.5, 0.6) is 5.75 Å². The number of anilines is 1. The summed E-state index contributed by atoms with van der Waals surface area (Å²) >= 11 is 7.02. The number of benzene rings is 1. The fraction of sp³-hybridized carbons (Fsp3) is 0.250. The van der Waals surface area contributed by atoms with Crippen molar-refractivity contribution in [3.05, 3.63) is 23.0 Å². The van der Waals surface area contributed by atoms with Gasteiger partial charge in [-0.15, -0.1) is 10.2 Å². The third kappa shape index (κ3) is 3.96. The number of carbonyl (C=O) groups is 1. The van der Waals surface area contributed by atoms with Gasteiger partial charge < -0.3 is 10.4 Å². The van der Waals surface area contributed by atoms with E-state index >= 15 is 0 Å². The zero-order chi connectivity index (χ0) is 15.4. The summed E-state index contributed by atoms with van der Waals surface area (Å²) in [5.74, 6) is 0.174. The van der Waals surface area contributed by atoms with Crippen molar-refractivity contribution in [1.82, 2.24) is 9.36 Å². The van der Waals surface area contributed by atoms with Gasteiger partial charge in [0.1, 0.15) is 5.82 Å². The fourth-order valence-electron chi connectivity index (χ4n) is 1.40. The summed E-state index contributed by atoms with van der Waals surface area (Å²) in [5, 5.41) is 20.7. The molecule has 0 atom stereocenters. The van der Waals surface area contributed by atoms with Gasteiger partial charge in [-0.05, 0) is 19.1 Å². The van der Waals surface area contributed by atoms with Crippen molar-refractivity contribution in [2.24, 2.45) is 10.2 Å². The van der Waals surface area contributed by atoms with Gasteiger partial charge in [-0.3, -0.25) is 4.79 Å². The molecule has 0 aliphatic carbocycles. The SMILES string of the molecule is CCC(=O)Nc1cc(N=Nc2nc(C)ns2)cc(Cl)c1O. The fourth-order valence-corrected chi connectivity index (χ4v) is 2.12. The van der Waals surface area contributed by atoms with Crippen LogP contribution in [0.4, 0.5) is 16.5 Å². The van der Waals surface area contributed by atoms with Crippen molar-refractivity contribution >= 4 is 45.5 Å². The number of aromatic hydroxyl groups is 1. The number of nitrogens with zero attached hydrogens (tertiary/aromatic N) is 4. The third-order valence-electron chi connectivity index (χ3n) is 2.41. The number of halogens is 1. The quantitative estimate of drug-likeness (QED) is 0.656. The van der Waals surface area contributed by atoms with E-state index in [1.807, 2.05) is 0 Å². The van der Waals surface area contributed by atoms with E-state index in [-0.39, 0.29) is 28.8 Å². The third-order valence-corrected chi connectivity index (χ3v) is 3.39. The number of carbonyl (C=O) groups excluding carboxylic acids is 1. The minimum absolute atomic E-state index is 0.0753. The van der Waals surface area contributed by atoms with Crippen molar-refractivity contribution in [1.29, 1.82) is 0 Å². The summed E-state index contributed by atoms with van der Waals surface area (Å²) < 4.78 is 3.98. The molecule has 2 aromatic rings. The Labute approximate surface area is 129 Å². The van der Waals surface area contributed by atoms with Crippen LogP contribution in [-0.4, -0.2) is 20.4 Å². The summed E-state index contributed by atoms with van der Waals surface area (Å²) in [6.45, 7) is 3.46. The van der Waals surface area contributed by atoms with Crippen molar-refractivity contribution in [3.63, 3.8) is 0 Å². The molecule has 0 unspecified atom stereocenters. The number of hydrogen-bond acceptors (Lipinski definition) is 7. The highest BCUT2D eigenvalue weighted by Gasteiger charge is 2.11. The molecule has 2 N–H and O–H groups in total. The average Bonchev–Trinajstić information content (AvgIpc) is 2.87. The van der Waals surface area contributed by atoms with Gasteiger partial charge in [-0.25, -0.2) is 4.98 Å². The predicted octanol–water partition coefficient (Wildman–Crippen LogP) is 3.97. The molecule has 0 bridgehead atoms. The molecule has 0 fully saturated rings. The van der Waals surface area contributed by atoms with Gasteiger partial charge in [0.25, 0.3) is 0 Å². The van der Waals surface area contributed by atoms with E-state index in [0.29, 0.717) is 16.6 Å². The van der Waals surface area contributed by atoms with E-state index in [9.17, 15) is 9.90 Å². The van der Waals surface area contributed by atoms with E-state index in [0.717, 1.165) is 11.5 Å². The van der Waals surface area contributed by atoms with Gasteiger partial charge in [0.15, 0.2) is 5.75 Å². The maximum absolute atomic E-state index is 11.4. The first kappa shape index (κ1) is 15.3. The van der Waals surface area contributed by atoms with Crippen LogP contribution < -0.4 is 5.32 Å². The minimum atomic E-state index is -0.241. The van der Waals surface area contributed by atoms with Crippen LogP contribution in [0.3, 0.4) is 0 Å². The van der Waals surface area contributed by atoms with E-state index in [1.165, 1.54) is 12.1 Å². The molecule has 0 saturated heterocycles. The van der Waals surface area contributed by atoms with Crippen LogP contribution >= 0.6 is 23.1 Å². The Morgan fingerprint density at radius 2 is 2.24 bits per heavy atom. The molecule has 1 heterocycles. The molecule has 9 heteroatoms. The number of phenolic OH excluding ortho intramolecular Hbond substituents is 1. The number of hydrogen-bond donors (Lipinski definition) is 2. The van der Waals surface area contributed by atoms with Gasteiger partial charge >= 0.3 is 0 Å². The van der Waals surface area contributed by atoms with Gasteiger partial charge in [-0.1, -0.05) is 18.5 Å². The van der Waals surface area contributed by atoms with Crippen LogP contribution in [0.2, 0.25) is 5.02 Å². The van der Waals surface area contributed by atoms with Crippen molar-refractivity contribution in [2.45, 2.75) is 20.3 Å². The lowest BCUT2D eigenvalue weighted by molar-refractivity contribution is -0.115. The van der Waals surface area contributed by atoms with Crippen molar-refractivity contribution in [3.8, 4) is 5.75 Å². The van der Waals surface area contributed by atoms with E-state index in [1.54, 1.807) is 13.8 Å². The molecule has 0 aliphatic rings. The predicted molar refractivity (Wildman–Crippen MR) is 80.9 cm³/mol. The molecule has 1 amide bonds. The van der Waals surface area contributed by atoms with Crippen LogP contribution in [-0.2, 0) is 4.79 Å². The van der Waals surface area contributed by atoms with Gasteiger partial charge in [0.2, 0.25) is 11.0 Å². The first-order valence-electron chi connectivity index (χ1n) is 6.04. The van der Waals surface area contributed by atoms with Crippen molar-refractivity contribution < 1.29 is 9.90 Å². The number of aromatic nitrogens is 2. The van der Waals surface area contributed by atoms with Crippen LogP contribution in [0.25, 0.3) is 0 Å². The second-order valence-electron chi connectivity index (χ2n) is 4.05. The Balaban J connectivity index is 2.28. The lowest BCUT2D eigenvalue weighted by atomic mass is 10.2. The zero-order valence-electron chi connectivity index (χ0n) is 11.3. The molecule has 7 nitrogen and oxygen atoms in total. The van der Waals surface area contributed by atoms with Gasteiger partial charge in [0, 0.05) is 18.0 Å². The molecule has 0 spiro atoms. The lowest BCUT2D eigenvalue weighted by Gasteiger charge is -2.08. The molecular formula is C12H12ClN5O2S. The molecule has 2 rings (SSSR count). The molecule has 0 saturated carbocycles. The zero-order valence-corrected chi connectivity index (χ0v) is 12.9. The highest BCUT2D eigenvalue weighted by atomic mass is 35.5. The second-order valence-corrected chi connectivity index (χ2v) is 5.19. The molecule has 0 aliphatic heterocycles. The normalized spacial score (nSPS) is 11.0. The maximum atomic E-state index is 11.4. The first-order chi connectivity index (χ1) is 9.99. The standard InChI is InChI=1S/C12H12ClN5O2S/c1-3-10(19)15-9-5-7(4-8(13)11(9)20)16-17-12-14-6(2)18-21-12/h4-5,20H,3H2,1-2H3,(H,15,19). The minimum Gasteiger partial charge on any atom is -0.504 e. The Kier molecular flexibility index (Phi) is 4.81. The highest BCUT2D eigenvalue weighted by molar-refractivity contribution is 7.09. The monoisotopic (exact) mass is 325 g/mol. The summed E-state index contributed by atoms with van der Waals surface area (Å²) in [6, 6.07) is 2.92. The first-order valence-corrected chi connectivity index (χ1v) is 7.19. The number of amides is 1. The van der Waals surface area contributed by atoms with E-state index in [4.69, 9.17) is 11.6 Å². The molecule has 1 aromatic heterocycles. The largest absolute Gasteiger partial charge is 0.504 e. The topological polar surface area (TPSA) is 99.8 Å². The number of nitrogens with one attached hydrogen (secondary N) is 1. The van der Waals surface area contributed by atoms with E-state index < -0.39 is 0 Å². The van der Waals surface area contributed by atoms with Crippen LogP contribution in [0.1, 0.15) is 19.2 Å². The smallest absolute Gasteiger partial charge is 0.249 e.